The third-order valence-electron chi connectivity index (χ3n) is 2.29. The van der Waals surface area contributed by atoms with Crippen molar-refractivity contribution >= 4 is 10.9 Å². The molecule has 5 heteroatoms. The summed E-state index contributed by atoms with van der Waals surface area (Å²) < 4.78 is 1.28. The van der Waals surface area contributed by atoms with Crippen molar-refractivity contribution in [3.63, 3.8) is 0 Å². The molecule has 1 heterocycles. The van der Waals surface area contributed by atoms with E-state index < -0.39 is 0 Å². The Labute approximate surface area is 92.2 Å². The molecule has 0 spiro atoms. The highest BCUT2D eigenvalue weighted by Gasteiger charge is 2.04. The molecule has 0 saturated heterocycles. The van der Waals surface area contributed by atoms with Gasteiger partial charge in [-0.25, -0.2) is 4.68 Å². The van der Waals surface area contributed by atoms with E-state index in [9.17, 15) is 4.79 Å². The van der Waals surface area contributed by atoms with Crippen LogP contribution in [-0.2, 0) is 6.54 Å². The van der Waals surface area contributed by atoms with Crippen LogP contribution in [0.4, 0.5) is 0 Å². The van der Waals surface area contributed by atoms with Crippen molar-refractivity contribution in [2.75, 3.05) is 6.54 Å². The van der Waals surface area contributed by atoms with Crippen molar-refractivity contribution in [1.29, 1.82) is 0 Å². The van der Waals surface area contributed by atoms with Gasteiger partial charge in [-0.2, -0.15) is 0 Å². The second-order valence-electron chi connectivity index (χ2n) is 3.52. The van der Waals surface area contributed by atoms with Gasteiger partial charge in [0.15, 0.2) is 0 Å². The van der Waals surface area contributed by atoms with Gasteiger partial charge in [0.2, 0.25) is 0 Å². The SMILES string of the molecule is C=C(CN)Cn1nnc2ccccc2c1=O. The molecular formula is C11H12N4O. The maximum atomic E-state index is 12.0. The number of nitrogens with two attached hydrogens (primary N) is 1. The molecule has 5 nitrogen and oxygen atoms in total. The van der Waals surface area contributed by atoms with Crippen LogP contribution in [0, 0.1) is 0 Å². The third kappa shape index (κ3) is 1.85. The molecule has 0 bridgehead atoms. The summed E-state index contributed by atoms with van der Waals surface area (Å²) in [6.45, 7) is 4.38. The molecular weight excluding hydrogens is 204 g/mol. The summed E-state index contributed by atoms with van der Waals surface area (Å²) in [4.78, 5) is 12.0. The van der Waals surface area contributed by atoms with E-state index >= 15 is 0 Å². The van der Waals surface area contributed by atoms with Crippen molar-refractivity contribution in [3.8, 4) is 0 Å². The Balaban J connectivity index is 2.53. The largest absolute Gasteiger partial charge is 0.327 e. The summed E-state index contributed by atoms with van der Waals surface area (Å²) in [5.41, 5.74) is 6.59. The molecule has 1 aromatic heterocycles. The van der Waals surface area contributed by atoms with Gasteiger partial charge in [0.25, 0.3) is 5.56 Å². The lowest BCUT2D eigenvalue weighted by molar-refractivity contribution is 0.590. The Hall–Kier alpha value is -2.01. The minimum Gasteiger partial charge on any atom is -0.327 e. The van der Waals surface area contributed by atoms with E-state index in [0.717, 1.165) is 5.57 Å². The van der Waals surface area contributed by atoms with Crippen LogP contribution in [0.3, 0.4) is 0 Å². The maximum Gasteiger partial charge on any atom is 0.277 e. The van der Waals surface area contributed by atoms with E-state index in [1.807, 2.05) is 6.07 Å². The molecule has 0 unspecified atom stereocenters. The minimum absolute atomic E-state index is 0.166. The Kier molecular flexibility index (Phi) is 2.78. The Bertz CT molecular complexity index is 588. The number of aromatic nitrogens is 3. The fourth-order valence-electron chi connectivity index (χ4n) is 1.40. The number of benzene rings is 1. The molecule has 0 aliphatic carbocycles. The van der Waals surface area contributed by atoms with E-state index in [-0.39, 0.29) is 5.56 Å². The first-order valence-electron chi connectivity index (χ1n) is 4.91. The topological polar surface area (TPSA) is 73.8 Å². The van der Waals surface area contributed by atoms with Crippen LogP contribution in [0.1, 0.15) is 0 Å². The van der Waals surface area contributed by atoms with Crippen LogP contribution in [0.15, 0.2) is 41.2 Å². The van der Waals surface area contributed by atoms with Gasteiger partial charge in [0, 0.05) is 6.54 Å². The first-order chi connectivity index (χ1) is 7.72. The van der Waals surface area contributed by atoms with Crippen LogP contribution >= 0.6 is 0 Å². The van der Waals surface area contributed by atoms with Crippen molar-refractivity contribution in [1.82, 2.24) is 15.0 Å². The predicted octanol–water partition coefficient (Wildman–Crippen LogP) is 0.306. The molecule has 2 aromatic rings. The lowest BCUT2D eigenvalue weighted by Crippen LogP contribution is -2.26. The highest BCUT2D eigenvalue weighted by Crippen LogP contribution is 2.03. The number of fused-ring (bicyclic) bond motifs is 1. The molecule has 0 aliphatic heterocycles. The number of rotatable bonds is 3. The van der Waals surface area contributed by atoms with Gasteiger partial charge in [-0.3, -0.25) is 4.79 Å². The second kappa shape index (κ2) is 4.24. The molecule has 2 rings (SSSR count). The Morgan fingerprint density at radius 2 is 2.19 bits per heavy atom. The van der Waals surface area contributed by atoms with Crippen molar-refractivity contribution in [3.05, 3.63) is 46.8 Å². The minimum atomic E-state index is -0.166. The first-order valence-corrected chi connectivity index (χ1v) is 4.91. The van der Waals surface area contributed by atoms with E-state index in [2.05, 4.69) is 16.9 Å². The third-order valence-corrected chi connectivity index (χ3v) is 2.29. The molecule has 2 N–H and O–H groups in total. The van der Waals surface area contributed by atoms with E-state index in [4.69, 9.17) is 5.73 Å². The highest BCUT2D eigenvalue weighted by atomic mass is 16.1. The first kappa shape index (κ1) is 10.5. The van der Waals surface area contributed by atoms with Gasteiger partial charge in [-0.05, 0) is 17.7 Å². The molecule has 0 radical (unpaired) electrons. The maximum absolute atomic E-state index is 12.0. The highest BCUT2D eigenvalue weighted by molar-refractivity contribution is 5.76. The summed E-state index contributed by atoms with van der Waals surface area (Å²) >= 11 is 0. The number of hydrogen-bond acceptors (Lipinski definition) is 4. The quantitative estimate of drug-likeness (QED) is 0.749. The lowest BCUT2D eigenvalue weighted by Gasteiger charge is -2.05. The standard InChI is InChI=1S/C11H12N4O/c1-8(6-12)7-15-11(16)9-4-2-3-5-10(9)13-14-15/h2-5H,1,6-7,12H2. The fourth-order valence-corrected chi connectivity index (χ4v) is 1.40. The lowest BCUT2D eigenvalue weighted by atomic mass is 10.2. The zero-order chi connectivity index (χ0) is 11.5. The molecule has 1 aromatic carbocycles. The van der Waals surface area contributed by atoms with Gasteiger partial charge in [-0.15, -0.1) is 5.10 Å². The summed E-state index contributed by atoms with van der Waals surface area (Å²) in [5.74, 6) is 0. The summed E-state index contributed by atoms with van der Waals surface area (Å²) in [6.07, 6.45) is 0. The monoisotopic (exact) mass is 216 g/mol. The second-order valence-corrected chi connectivity index (χ2v) is 3.52. The Morgan fingerprint density at radius 1 is 1.44 bits per heavy atom. The van der Waals surface area contributed by atoms with Crippen LogP contribution in [-0.4, -0.2) is 21.5 Å². The van der Waals surface area contributed by atoms with E-state index in [1.54, 1.807) is 18.2 Å². The average Bonchev–Trinajstić information content (AvgIpc) is 2.33. The molecule has 16 heavy (non-hydrogen) atoms. The normalized spacial score (nSPS) is 10.6. The molecule has 0 amide bonds. The van der Waals surface area contributed by atoms with Gasteiger partial charge < -0.3 is 5.73 Å². The summed E-state index contributed by atoms with van der Waals surface area (Å²) in [7, 11) is 0. The van der Waals surface area contributed by atoms with E-state index in [0.29, 0.717) is 24.0 Å². The van der Waals surface area contributed by atoms with Crippen LogP contribution in [0.25, 0.3) is 10.9 Å². The van der Waals surface area contributed by atoms with Crippen molar-refractivity contribution in [2.45, 2.75) is 6.54 Å². The summed E-state index contributed by atoms with van der Waals surface area (Å²) in [5, 5.41) is 8.35. The molecule has 0 atom stereocenters. The zero-order valence-electron chi connectivity index (χ0n) is 8.76. The van der Waals surface area contributed by atoms with Crippen LogP contribution in [0.5, 0.6) is 0 Å². The number of hydrogen-bond donors (Lipinski definition) is 1. The van der Waals surface area contributed by atoms with Gasteiger partial charge in [0.1, 0.15) is 5.52 Å². The van der Waals surface area contributed by atoms with E-state index in [1.165, 1.54) is 4.68 Å². The van der Waals surface area contributed by atoms with Crippen LogP contribution < -0.4 is 11.3 Å². The number of nitrogens with zero attached hydrogens (tertiary/aromatic N) is 3. The fraction of sp³-hybridized carbons (Fsp3) is 0.182. The zero-order valence-corrected chi connectivity index (χ0v) is 8.76. The Morgan fingerprint density at radius 3 is 2.94 bits per heavy atom. The van der Waals surface area contributed by atoms with Crippen molar-refractivity contribution in [2.24, 2.45) is 5.73 Å². The van der Waals surface area contributed by atoms with Gasteiger partial charge in [0.05, 0.1) is 11.9 Å². The predicted molar refractivity (Wildman–Crippen MR) is 62.0 cm³/mol. The molecule has 0 aliphatic rings. The smallest absolute Gasteiger partial charge is 0.277 e. The van der Waals surface area contributed by atoms with Crippen LogP contribution in [0.2, 0.25) is 0 Å². The summed E-state index contributed by atoms with van der Waals surface area (Å²) in [6, 6.07) is 7.10. The average molecular weight is 216 g/mol. The van der Waals surface area contributed by atoms with Gasteiger partial charge in [-0.1, -0.05) is 23.9 Å². The molecule has 0 saturated carbocycles. The molecule has 0 fully saturated rings. The molecule has 82 valence electrons. The van der Waals surface area contributed by atoms with Gasteiger partial charge >= 0.3 is 0 Å². The van der Waals surface area contributed by atoms with Crippen molar-refractivity contribution < 1.29 is 0 Å².